The topological polar surface area (TPSA) is 23.5 Å². The molecule has 0 rings (SSSR count). The van der Waals surface area contributed by atoms with E-state index in [-0.39, 0.29) is 11.4 Å². The molecule has 3 heteroatoms. The SMILES string of the molecule is CCCCCCCCCC(Cl)C(O)C(CCC)N(C)C. The number of aliphatic hydroxyl groups is 1. The van der Waals surface area contributed by atoms with Crippen LogP contribution in [0.15, 0.2) is 0 Å². The van der Waals surface area contributed by atoms with Gasteiger partial charge in [0.25, 0.3) is 0 Å². The molecule has 2 nitrogen and oxygen atoms in total. The van der Waals surface area contributed by atoms with Crippen molar-refractivity contribution in [1.29, 1.82) is 0 Å². The molecule has 0 bridgehead atoms. The van der Waals surface area contributed by atoms with E-state index in [1.165, 1.54) is 38.5 Å². The molecule has 0 saturated heterocycles. The molecule has 0 heterocycles. The van der Waals surface area contributed by atoms with Crippen molar-refractivity contribution in [2.45, 2.75) is 95.6 Å². The molecule has 0 fully saturated rings. The Hall–Kier alpha value is 0.210. The summed E-state index contributed by atoms with van der Waals surface area (Å²) in [7, 11) is 4.06. The van der Waals surface area contributed by atoms with Gasteiger partial charge in [-0.1, -0.05) is 65.2 Å². The van der Waals surface area contributed by atoms with Crippen molar-refractivity contribution >= 4 is 11.6 Å². The molecular weight excluding hydrogens is 270 g/mol. The Bertz CT molecular complexity index is 211. The quantitative estimate of drug-likeness (QED) is 0.389. The van der Waals surface area contributed by atoms with Crippen molar-refractivity contribution in [1.82, 2.24) is 4.90 Å². The lowest BCUT2D eigenvalue weighted by Crippen LogP contribution is -2.43. The summed E-state index contributed by atoms with van der Waals surface area (Å²) in [6.07, 6.45) is 11.7. The first-order valence-corrected chi connectivity index (χ1v) is 8.96. The Morgan fingerprint density at radius 3 is 1.90 bits per heavy atom. The highest BCUT2D eigenvalue weighted by molar-refractivity contribution is 6.21. The lowest BCUT2D eigenvalue weighted by atomic mass is 9.98. The lowest BCUT2D eigenvalue weighted by Gasteiger charge is -2.31. The van der Waals surface area contributed by atoms with Crippen molar-refractivity contribution in [2.24, 2.45) is 0 Å². The van der Waals surface area contributed by atoms with Gasteiger partial charge in [0.05, 0.1) is 11.5 Å². The van der Waals surface area contributed by atoms with E-state index in [1.54, 1.807) is 0 Å². The Morgan fingerprint density at radius 1 is 0.850 bits per heavy atom. The van der Waals surface area contributed by atoms with Crippen LogP contribution in [0.5, 0.6) is 0 Å². The Balaban J connectivity index is 3.80. The molecular formula is C17H36ClNO. The van der Waals surface area contributed by atoms with E-state index in [1.807, 2.05) is 14.1 Å². The smallest absolute Gasteiger partial charge is 0.0858 e. The largest absolute Gasteiger partial charge is 0.390 e. The minimum Gasteiger partial charge on any atom is -0.390 e. The summed E-state index contributed by atoms with van der Waals surface area (Å²) in [5.74, 6) is 0. The van der Waals surface area contributed by atoms with Crippen molar-refractivity contribution in [2.75, 3.05) is 14.1 Å². The molecule has 20 heavy (non-hydrogen) atoms. The van der Waals surface area contributed by atoms with E-state index in [4.69, 9.17) is 11.6 Å². The van der Waals surface area contributed by atoms with Gasteiger partial charge in [0, 0.05) is 6.04 Å². The van der Waals surface area contributed by atoms with Gasteiger partial charge in [0.1, 0.15) is 0 Å². The number of likely N-dealkylation sites (N-methyl/N-ethyl adjacent to an activating group) is 1. The summed E-state index contributed by atoms with van der Waals surface area (Å²) >= 11 is 6.39. The number of unbranched alkanes of at least 4 members (excludes halogenated alkanes) is 6. The Labute approximate surface area is 131 Å². The molecule has 0 saturated carbocycles. The van der Waals surface area contributed by atoms with Gasteiger partial charge in [0.15, 0.2) is 0 Å². The Morgan fingerprint density at radius 2 is 1.40 bits per heavy atom. The molecule has 0 aromatic heterocycles. The third-order valence-corrected chi connectivity index (χ3v) is 4.57. The van der Waals surface area contributed by atoms with Crippen LogP contribution >= 0.6 is 11.6 Å². The third kappa shape index (κ3) is 9.20. The number of aliphatic hydroxyl groups excluding tert-OH is 1. The van der Waals surface area contributed by atoms with Gasteiger partial charge < -0.3 is 10.0 Å². The monoisotopic (exact) mass is 305 g/mol. The highest BCUT2D eigenvalue weighted by Crippen LogP contribution is 2.20. The fourth-order valence-electron chi connectivity index (χ4n) is 2.74. The molecule has 0 amide bonds. The van der Waals surface area contributed by atoms with Crippen LogP contribution in [0.3, 0.4) is 0 Å². The zero-order valence-electron chi connectivity index (χ0n) is 14.1. The highest BCUT2D eigenvalue weighted by atomic mass is 35.5. The van der Waals surface area contributed by atoms with Gasteiger partial charge in [-0.25, -0.2) is 0 Å². The Kier molecular flexibility index (Phi) is 13.0. The molecule has 0 spiro atoms. The summed E-state index contributed by atoms with van der Waals surface area (Å²) < 4.78 is 0. The number of nitrogens with zero attached hydrogens (tertiary/aromatic N) is 1. The first-order valence-electron chi connectivity index (χ1n) is 8.53. The van der Waals surface area contributed by atoms with Gasteiger partial charge in [-0.3, -0.25) is 0 Å². The van der Waals surface area contributed by atoms with Crippen LogP contribution < -0.4 is 0 Å². The van der Waals surface area contributed by atoms with E-state index in [2.05, 4.69) is 18.7 Å². The van der Waals surface area contributed by atoms with Crippen LogP contribution in [0.1, 0.15) is 78.1 Å². The van der Waals surface area contributed by atoms with E-state index in [0.717, 1.165) is 25.7 Å². The molecule has 1 N–H and O–H groups in total. The molecule has 0 aliphatic carbocycles. The van der Waals surface area contributed by atoms with Crippen LogP contribution in [0.25, 0.3) is 0 Å². The molecule has 3 unspecified atom stereocenters. The van der Waals surface area contributed by atoms with Crippen LogP contribution in [0.2, 0.25) is 0 Å². The molecule has 122 valence electrons. The van der Waals surface area contributed by atoms with Crippen LogP contribution in [0, 0.1) is 0 Å². The van der Waals surface area contributed by atoms with Crippen molar-refractivity contribution < 1.29 is 5.11 Å². The molecule has 0 aromatic carbocycles. The average Bonchev–Trinajstić information content (AvgIpc) is 2.42. The number of rotatable bonds is 13. The zero-order valence-corrected chi connectivity index (χ0v) is 14.8. The second kappa shape index (κ2) is 12.9. The molecule has 0 radical (unpaired) electrons. The first kappa shape index (κ1) is 20.2. The van der Waals surface area contributed by atoms with Gasteiger partial charge in [-0.2, -0.15) is 0 Å². The van der Waals surface area contributed by atoms with Gasteiger partial charge >= 0.3 is 0 Å². The third-order valence-electron chi connectivity index (χ3n) is 4.10. The molecule has 0 aromatic rings. The first-order chi connectivity index (χ1) is 9.54. The average molecular weight is 306 g/mol. The van der Waals surface area contributed by atoms with Gasteiger partial charge in [-0.15, -0.1) is 11.6 Å². The maximum Gasteiger partial charge on any atom is 0.0858 e. The maximum atomic E-state index is 10.4. The summed E-state index contributed by atoms with van der Waals surface area (Å²) in [6, 6.07) is 0.187. The second-order valence-electron chi connectivity index (χ2n) is 6.24. The molecule has 0 aliphatic heterocycles. The maximum absolute atomic E-state index is 10.4. The van der Waals surface area contributed by atoms with E-state index in [9.17, 15) is 5.11 Å². The predicted octanol–water partition coefficient (Wildman–Crippen LogP) is 4.83. The number of halogens is 1. The number of hydrogen-bond donors (Lipinski definition) is 1. The van der Waals surface area contributed by atoms with Crippen molar-refractivity contribution in [3.63, 3.8) is 0 Å². The lowest BCUT2D eigenvalue weighted by molar-refractivity contribution is 0.0648. The zero-order chi connectivity index (χ0) is 15.4. The summed E-state index contributed by atoms with van der Waals surface area (Å²) in [4.78, 5) is 2.11. The van der Waals surface area contributed by atoms with Gasteiger partial charge in [-0.05, 0) is 26.9 Å². The fraction of sp³-hybridized carbons (Fsp3) is 1.00. The molecule has 0 aliphatic rings. The van der Waals surface area contributed by atoms with E-state index < -0.39 is 6.10 Å². The minimum atomic E-state index is -0.410. The van der Waals surface area contributed by atoms with Crippen LogP contribution in [-0.4, -0.2) is 41.6 Å². The number of alkyl halides is 1. The number of hydrogen-bond acceptors (Lipinski definition) is 2. The summed E-state index contributed by atoms with van der Waals surface area (Å²) in [5, 5.41) is 10.3. The second-order valence-corrected chi connectivity index (χ2v) is 6.80. The van der Waals surface area contributed by atoms with E-state index >= 15 is 0 Å². The summed E-state index contributed by atoms with van der Waals surface area (Å²) in [6.45, 7) is 4.40. The minimum absolute atomic E-state index is 0.107. The fourth-order valence-corrected chi connectivity index (χ4v) is 3.06. The van der Waals surface area contributed by atoms with Crippen LogP contribution in [0.4, 0.5) is 0 Å². The highest BCUT2D eigenvalue weighted by Gasteiger charge is 2.26. The van der Waals surface area contributed by atoms with Crippen molar-refractivity contribution in [3.05, 3.63) is 0 Å². The standard InChI is InChI=1S/C17H36ClNO/c1-5-7-8-9-10-11-12-14-15(18)17(20)16(13-6-2)19(3)4/h15-17,20H,5-14H2,1-4H3. The predicted molar refractivity (Wildman–Crippen MR) is 90.6 cm³/mol. The van der Waals surface area contributed by atoms with Crippen molar-refractivity contribution in [3.8, 4) is 0 Å². The van der Waals surface area contributed by atoms with Crippen LogP contribution in [-0.2, 0) is 0 Å². The molecule has 3 atom stereocenters. The summed E-state index contributed by atoms with van der Waals surface area (Å²) in [5.41, 5.74) is 0. The normalized spacial score (nSPS) is 16.4. The van der Waals surface area contributed by atoms with Gasteiger partial charge in [0.2, 0.25) is 0 Å². The van der Waals surface area contributed by atoms with E-state index in [0.29, 0.717) is 0 Å².